The van der Waals surface area contributed by atoms with Crippen molar-refractivity contribution in [3.05, 3.63) is 33.9 Å². The van der Waals surface area contributed by atoms with E-state index in [4.69, 9.17) is 5.73 Å². The van der Waals surface area contributed by atoms with Crippen LogP contribution in [-0.4, -0.2) is 16.9 Å². The molecule has 0 unspecified atom stereocenters. The van der Waals surface area contributed by atoms with E-state index in [-0.39, 0.29) is 23.0 Å². The second kappa shape index (κ2) is 3.80. The molecule has 1 aromatic rings. The molecule has 1 saturated carbocycles. The summed E-state index contributed by atoms with van der Waals surface area (Å²) in [6, 6.07) is 4.51. The van der Waals surface area contributed by atoms with Gasteiger partial charge in [-0.25, -0.2) is 0 Å². The molecular weight excluding hydrogens is 210 g/mol. The lowest BCUT2D eigenvalue weighted by atomic mass is 10.1. The topological polar surface area (TPSA) is 98.3 Å². The van der Waals surface area contributed by atoms with Crippen molar-refractivity contribution >= 4 is 17.3 Å². The number of nitrogens with two attached hydrogens (primary N) is 1. The third-order valence-electron chi connectivity index (χ3n) is 2.41. The fourth-order valence-electron chi connectivity index (χ4n) is 1.44. The van der Waals surface area contributed by atoms with Crippen molar-refractivity contribution in [2.75, 3.05) is 5.73 Å². The van der Waals surface area contributed by atoms with Crippen LogP contribution in [0.25, 0.3) is 0 Å². The number of nitro groups is 1. The first kappa shape index (κ1) is 10.4. The lowest BCUT2D eigenvalue weighted by Gasteiger charge is -2.05. The smallest absolute Gasteiger partial charge is 0.304 e. The number of para-hydroxylation sites is 1. The monoisotopic (exact) mass is 221 g/mol. The molecule has 0 aromatic heterocycles. The number of hydrogen-bond donors (Lipinski definition) is 2. The zero-order valence-corrected chi connectivity index (χ0v) is 8.47. The van der Waals surface area contributed by atoms with Crippen LogP contribution in [0.15, 0.2) is 18.2 Å². The molecule has 0 saturated heterocycles. The molecule has 6 nitrogen and oxygen atoms in total. The first-order valence-corrected chi connectivity index (χ1v) is 4.93. The second-order valence-electron chi connectivity index (χ2n) is 3.75. The quantitative estimate of drug-likeness (QED) is 0.453. The summed E-state index contributed by atoms with van der Waals surface area (Å²) in [6.45, 7) is 0. The van der Waals surface area contributed by atoms with Crippen LogP contribution >= 0.6 is 0 Å². The number of benzene rings is 1. The second-order valence-corrected chi connectivity index (χ2v) is 3.75. The van der Waals surface area contributed by atoms with Gasteiger partial charge in [0.2, 0.25) is 0 Å². The van der Waals surface area contributed by atoms with Crippen molar-refractivity contribution in [1.29, 1.82) is 0 Å². The molecule has 0 atom stereocenters. The maximum Gasteiger partial charge on any atom is 0.304 e. The summed E-state index contributed by atoms with van der Waals surface area (Å²) in [7, 11) is 0. The van der Waals surface area contributed by atoms with Crippen LogP contribution in [0.4, 0.5) is 11.4 Å². The van der Waals surface area contributed by atoms with Gasteiger partial charge in [0, 0.05) is 6.04 Å². The largest absolute Gasteiger partial charge is 0.393 e. The Morgan fingerprint density at radius 1 is 1.50 bits per heavy atom. The Balaban J connectivity index is 2.34. The Labute approximate surface area is 91.6 Å². The molecule has 1 fully saturated rings. The van der Waals surface area contributed by atoms with Crippen molar-refractivity contribution in [3.8, 4) is 0 Å². The van der Waals surface area contributed by atoms with Crippen LogP contribution in [0, 0.1) is 10.1 Å². The summed E-state index contributed by atoms with van der Waals surface area (Å²) in [4.78, 5) is 21.9. The molecule has 6 heteroatoms. The molecule has 0 aliphatic heterocycles. The molecule has 1 aromatic carbocycles. The first-order valence-electron chi connectivity index (χ1n) is 4.93. The Hall–Kier alpha value is -2.11. The molecule has 1 amide bonds. The third kappa shape index (κ3) is 1.95. The number of hydrogen-bond acceptors (Lipinski definition) is 4. The number of anilines is 1. The maximum atomic E-state index is 11.7. The van der Waals surface area contributed by atoms with E-state index in [1.807, 2.05) is 0 Å². The zero-order chi connectivity index (χ0) is 11.7. The van der Waals surface area contributed by atoms with Crippen LogP contribution in [-0.2, 0) is 0 Å². The van der Waals surface area contributed by atoms with E-state index in [9.17, 15) is 14.9 Å². The van der Waals surface area contributed by atoms with Gasteiger partial charge in [-0.3, -0.25) is 14.9 Å². The molecule has 1 aliphatic carbocycles. The van der Waals surface area contributed by atoms with E-state index in [0.717, 1.165) is 12.8 Å². The van der Waals surface area contributed by atoms with Crippen LogP contribution in [0.1, 0.15) is 23.2 Å². The minimum atomic E-state index is -0.628. The van der Waals surface area contributed by atoms with Gasteiger partial charge in [-0.1, -0.05) is 6.07 Å². The predicted molar refractivity (Wildman–Crippen MR) is 58.0 cm³/mol. The molecule has 2 rings (SSSR count). The molecule has 84 valence electrons. The average molecular weight is 221 g/mol. The van der Waals surface area contributed by atoms with E-state index in [2.05, 4.69) is 5.32 Å². The van der Waals surface area contributed by atoms with Crippen molar-refractivity contribution in [2.24, 2.45) is 0 Å². The van der Waals surface area contributed by atoms with E-state index in [1.165, 1.54) is 18.2 Å². The minimum absolute atomic E-state index is 0.00782. The van der Waals surface area contributed by atoms with E-state index in [0.29, 0.717) is 0 Å². The van der Waals surface area contributed by atoms with Crippen LogP contribution in [0.3, 0.4) is 0 Å². The fourth-order valence-corrected chi connectivity index (χ4v) is 1.44. The lowest BCUT2D eigenvalue weighted by molar-refractivity contribution is -0.384. The standard InChI is InChI=1S/C10H11N3O3/c11-8-3-1-2-7(9(8)13(15)16)10(14)12-6-4-5-6/h1-3,6H,4-5,11H2,(H,12,14). The average Bonchev–Trinajstić information content (AvgIpc) is 3.00. The van der Waals surface area contributed by atoms with Gasteiger partial charge in [0.1, 0.15) is 11.3 Å². The van der Waals surface area contributed by atoms with Gasteiger partial charge in [-0.2, -0.15) is 0 Å². The van der Waals surface area contributed by atoms with Gasteiger partial charge in [-0.05, 0) is 25.0 Å². The number of carbonyl (C=O) groups excluding carboxylic acids is 1. The maximum absolute atomic E-state index is 11.7. The molecule has 0 spiro atoms. The third-order valence-corrected chi connectivity index (χ3v) is 2.41. The van der Waals surface area contributed by atoms with Crippen molar-refractivity contribution in [2.45, 2.75) is 18.9 Å². The van der Waals surface area contributed by atoms with Gasteiger partial charge in [0.25, 0.3) is 5.91 Å². The Morgan fingerprint density at radius 3 is 2.75 bits per heavy atom. The lowest BCUT2D eigenvalue weighted by Crippen LogP contribution is -2.26. The highest BCUT2D eigenvalue weighted by molar-refractivity contribution is 6.00. The molecular formula is C10H11N3O3. The van der Waals surface area contributed by atoms with Gasteiger partial charge < -0.3 is 11.1 Å². The summed E-state index contributed by atoms with van der Waals surface area (Å²) in [5.74, 6) is -0.429. The van der Waals surface area contributed by atoms with Gasteiger partial charge in [0.15, 0.2) is 0 Å². The Bertz CT molecular complexity index is 455. The highest BCUT2D eigenvalue weighted by Gasteiger charge is 2.28. The van der Waals surface area contributed by atoms with Crippen LogP contribution in [0.5, 0.6) is 0 Å². The number of nitrogens with one attached hydrogen (secondary N) is 1. The number of carbonyl (C=O) groups is 1. The summed E-state index contributed by atoms with van der Waals surface area (Å²) in [5, 5.41) is 13.5. The Morgan fingerprint density at radius 2 is 2.19 bits per heavy atom. The van der Waals surface area contributed by atoms with Crippen LogP contribution in [0.2, 0.25) is 0 Å². The molecule has 0 heterocycles. The number of nitro benzene ring substituents is 1. The van der Waals surface area contributed by atoms with E-state index < -0.39 is 10.8 Å². The first-order chi connectivity index (χ1) is 7.59. The predicted octanol–water partition coefficient (Wildman–Crippen LogP) is 1.07. The number of rotatable bonds is 3. The summed E-state index contributed by atoms with van der Waals surface area (Å²) in [6.07, 6.45) is 1.86. The SMILES string of the molecule is Nc1cccc(C(=O)NC2CC2)c1[N+](=O)[O-]. The number of nitrogen functional groups attached to an aromatic ring is 1. The molecule has 16 heavy (non-hydrogen) atoms. The molecule has 0 bridgehead atoms. The van der Waals surface area contributed by atoms with Gasteiger partial charge in [0.05, 0.1) is 4.92 Å². The number of nitrogens with zero attached hydrogens (tertiary/aromatic N) is 1. The summed E-state index contributed by atoms with van der Waals surface area (Å²) in [5.41, 5.74) is 5.20. The Kier molecular flexibility index (Phi) is 2.47. The van der Waals surface area contributed by atoms with E-state index >= 15 is 0 Å². The number of amides is 1. The fraction of sp³-hybridized carbons (Fsp3) is 0.300. The summed E-state index contributed by atoms with van der Waals surface area (Å²) < 4.78 is 0. The molecule has 3 N–H and O–H groups in total. The van der Waals surface area contributed by atoms with Crippen molar-refractivity contribution in [3.63, 3.8) is 0 Å². The van der Waals surface area contributed by atoms with Crippen molar-refractivity contribution < 1.29 is 9.72 Å². The van der Waals surface area contributed by atoms with Gasteiger partial charge >= 0.3 is 5.69 Å². The zero-order valence-electron chi connectivity index (χ0n) is 8.47. The highest BCUT2D eigenvalue weighted by Crippen LogP contribution is 2.27. The normalized spacial score (nSPS) is 14.5. The molecule has 1 aliphatic rings. The van der Waals surface area contributed by atoms with Crippen LogP contribution < -0.4 is 11.1 Å². The van der Waals surface area contributed by atoms with Gasteiger partial charge in [-0.15, -0.1) is 0 Å². The molecule has 0 radical (unpaired) electrons. The highest BCUT2D eigenvalue weighted by atomic mass is 16.6. The van der Waals surface area contributed by atoms with E-state index in [1.54, 1.807) is 0 Å². The minimum Gasteiger partial charge on any atom is -0.393 e. The summed E-state index contributed by atoms with van der Waals surface area (Å²) >= 11 is 0. The van der Waals surface area contributed by atoms with Crippen molar-refractivity contribution in [1.82, 2.24) is 5.32 Å².